The summed E-state index contributed by atoms with van der Waals surface area (Å²) in [5, 5.41) is 14.7. The average Bonchev–Trinajstić information content (AvgIpc) is 3.27. The second-order valence-corrected chi connectivity index (χ2v) is 6.17. The van der Waals surface area contributed by atoms with Crippen molar-refractivity contribution in [2.24, 2.45) is 7.05 Å². The highest BCUT2D eigenvalue weighted by molar-refractivity contribution is 6.29. The first-order valence-corrected chi connectivity index (χ1v) is 7.96. The molecule has 1 saturated carbocycles. The fourth-order valence-electron chi connectivity index (χ4n) is 2.69. The number of benzene rings is 1. The maximum atomic E-state index is 12.2. The Balaban J connectivity index is 1.74. The number of hydrogen-bond donors (Lipinski definition) is 1. The van der Waals surface area contributed by atoms with Gasteiger partial charge in [-0.25, -0.2) is 4.79 Å². The molecule has 0 aliphatic heterocycles. The Hall–Kier alpha value is -2.61. The third-order valence-corrected chi connectivity index (χ3v) is 4.24. The smallest absolute Gasteiger partial charge is 0.368 e. The van der Waals surface area contributed by atoms with E-state index in [1.807, 2.05) is 12.1 Å². The van der Waals surface area contributed by atoms with Crippen molar-refractivity contribution in [2.45, 2.75) is 25.4 Å². The van der Waals surface area contributed by atoms with Crippen molar-refractivity contribution >= 4 is 11.6 Å². The number of H-pyrrole nitrogens is 1. The summed E-state index contributed by atoms with van der Waals surface area (Å²) in [6.07, 6.45) is 2.28. The molecule has 4 rings (SSSR count). The predicted octanol–water partition coefficient (Wildman–Crippen LogP) is 1.80. The lowest BCUT2D eigenvalue weighted by atomic mass is 10.0. The third kappa shape index (κ3) is 2.69. The van der Waals surface area contributed by atoms with Crippen LogP contribution in [0.15, 0.2) is 29.1 Å². The van der Waals surface area contributed by atoms with E-state index in [-0.39, 0.29) is 12.3 Å². The molecule has 9 heteroatoms. The quantitative estimate of drug-likeness (QED) is 0.760. The summed E-state index contributed by atoms with van der Waals surface area (Å²) < 4.78 is 8.23. The highest BCUT2D eigenvalue weighted by atomic mass is 35.5. The molecular weight excluding hydrogens is 332 g/mol. The molecule has 124 valence electrons. The van der Waals surface area contributed by atoms with Crippen LogP contribution in [0.4, 0.5) is 0 Å². The van der Waals surface area contributed by atoms with Gasteiger partial charge in [0.25, 0.3) is 0 Å². The van der Waals surface area contributed by atoms with E-state index in [2.05, 4.69) is 26.7 Å². The van der Waals surface area contributed by atoms with Crippen LogP contribution in [0.2, 0.25) is 5.15 Å². The number of tetrazole rings is 1. The molecule has 3 aromatic rings. The Labute approximate surface area is 142 Å². The van der Waals surface area contributed by atoms with Gasteiger partial charge in [-0.2, -0.15) is 9.36 Å². The van der Waals surface area contributed by atoms with E-state index in [0.717, 1.165) is 18.4 Å². The molecule has 1 aliphatic carbocycles. The molecule has 1 N–H and O–H groups in total. The number of hydrogen-bond acceptors (Lipinski definition) is 5. The zero-order chi connectivity index (χ0) is 16.7. The first-order valence-electron chi connectivity index (χ1n) is 7.58. The maximum absolute atomic E-state index is 12.2. The lowest BCUT2D eigenvalue weighted by Crippen LogP contribution is -2.23. The number of rotatable bonds is 5. The van der Waals surface area contributed by atoms with Crippen molar-refractivity contribution in [3.8, 4) is 11.6 Å². The van der Waals surface area contributed by atoms with Crippen LogP contribution in [-0.2, 0) is 13.7 Å². The Bertz CT molecular complexity index is 940. The van der Waals surface area contributed by atoms with Crippen molar-refractivity contribution in [3.05, 3.63) is 51.0 Å². The standard InChI is InChI=1S/C15H15ClN6O2/c1-21-15(23)22(20-19-21)12-4-2-3-10(9-5-6-9)11(12)8-24-14-7-13(16)17-18-14/h2-4,7,9H,5-6,8H2,1H3,(H,17,18). The monoisotopic (exact) mass is 346 g/mol. The van der Waals surface area contributed by atoms with Gasteiger partial charge in [-0.15, -0.1) is 5.10 Å². The van der Waals surface area contributed by atoms with E-state index in [1.165, 1.54) is 14.9 Å². The number of aromatic amines is 1. The number of halogens is 1. The Morgan fingerprint density at radius 2 is 2.21 bits per heavy atom. The molecule has 1 aliphatic rings. The summed E-state index contributed by atoms with van der Waals surface area (Å²) in [5.41, 5.74) is 2.47. The minimum absolute atomic E-state index is 0.270. The Kier molecular flexibility index (Phi) is 3.61. The van der Waals surface area contributed by atoms with Gasteiger partial charge in [0.1, 0.15) is 11.8 Å². The summed E-state index contributed by atoms with van der Waals surface area (Å²) >= 11 is 5.82. The highest BCUT2D eigenvalue weighted by Gasteiger charge is 2.28. The molecule has 2 heterocycles. The molecule has 0 unspecified atom stereocenters. The van der Waals surface area contributed by atoms with Gasteiger partial charge in [0.15, 0.2) is 0 Å². The molecule has 0 spiro atoms. The number of aromatic nitrogens is 6. The number of nitrogens with one attached hydrogen (secondary N) is 1. The van der Waals surface area contributed by atoms with Crippen molar-refractivity contribution in [3.63, 3.8) is 0 Å². The van der Waals surface area contributed by atoms with Crippen molar-refractivity contribution in [1.29, 1.82) is 0 Å². The zero-order valence-electron chi connectivity index (χ0n) is 12.9. The SMILES string of the molecule is Cn1nnn(-c2cccc(C3CC3)c2COc2cc(Cl)[nH]n2)c1=O. The van der Waals surface area contributed by atoms with Gasteiger partial charge >= 0.3 is 5.69 Å². The molecule has 1 aromatic carbocycles. The van der Waals surface area contributed by atoms with E-state index in [9.17, 15) is 4.79 Å². The lowest BCUT2D eigenvalue weighted by Gasteiger charge is -2.13. The predicted molar refractivity (Wildman–Crippen MR) is 86.5 cm³/mol. The molecule has 0 radical (unpaired) electrons. The summed E-state index contributed by atoms with van der Waals surface area (Å²) in [7, 11) is 1.57. The Morgan fingerprint density at radius 3 is 2.83 bits per heavy atom. The molecule has 0 saturated heterocycles. The van der Waals surface area contributed by atoms with E-state index in [1.54, 1.807) is 13.1 Å². The van der Waals surface area contributed by atoms with Gasteiger partial charge in [-0.1, -0.05) is 23.7 Å². The molecule has 0 bridgehead atoms. The molecular formula is C15H15ClN6O2. The van der Waals surface area contributed by atoms with Crippen LogP contribution < -0.4 is 10.4 Å². The lowest BCUT2D eigenvalue weighted by molar-refractivity contribution is 0.291. The number of nitrogens with zero attached hydrogens (tertiary/aromatic N) is 5. The molecule has 1 fully saturated rings. The van der Waals surface area contributed by atoms with E-state index in [4.69, 9.17) is 16.3 Å². The van der Waals surface area contributed by atoms with Gasteiger partial charge in [0.2, 0.25) is 5.88 Å². The largest absolute Gasteiger partial charge is 0.472 e. The van der Waals surface area contributed by atoms with Gasteiger partial charge in [-0.3, -0.25) is 5.10 Å². The fraction of sp³-hybridized carbons (Fsp3) is 0.333. The van der Waals surface area contributed by atoms with Gasteiger partial charge in [-0.05, 0) is 40.8 Å². The molecule has 0 amide bonds. The second kappa shape index (κ2) is 5.79. The van der Waals surface area contributed by atoms with Gasteiger partial charge in [0.05, 0.1) is 5.69 Å². The van der Waals surface area contributed by atoms with Crippen molar-refractivity contribution in [1.82, 2.24) is 30.0 Å². The van der Waals surface area contributed by atoms with Crippen LogP contribution in [-0.4, -0.2) is 30.0 Å². The van der Waals surface area contributed by atoms with Crippen LogP contribution in [0.25, 0.3) is 5.69 Å². The molecule has 8 nitrogen and oxygen atoms in total. The summed E-state index contributed by atoms with van der Waals surface area (Å²) in [6, 6.07) is 7.45. The van der Waals surface area contributed by atoms with E-state index < -0.39 is 0 Å². The van der Waals surface area contributed by atoms with Crippen LogP contribution >= 0.6 is 11.6 Å². The third-order valence-electron chi connectivity index (χ3n) is 4.04. The average molecular weight is 347 g/mol. The van der Waals surface area contributed by atoms with Crippen LogP contribution in [0.3, 0.4) is 0 Å². The summed E-state index contributed by atoms with van der Waals surface area (Å²) in [6.45, 7) is 0.270. The first-order chi connectivity index (χ1) is 11.6. The first kappa shape index (κ1) is 14.9. The number of ether oxygens (including phenoxy) is 1. The fourth-order valence-corrected chi connectivity index (χ4v) is 2.83. The summed E-state index contributed by atoms with van der Waals surface area (Å²) in [4.78, 5) is 12.2. The van der Waals surface area contributed by atoms with Crippen molar-refractivity contribution in [2.75, 3.05) is 0 Å². The van der Waals surface area contributed by atoms with Gasteiger partial charge < -0.3 is 4.74 Å². The Morgan fingerprint density at radius 1 is 1.38 bits per heavy atom. The van der Waals surface area contributed by atoms with E-state index in [0.29, 0.717) is 22.6 Å². The topological polar surface area (TPSA) is 90.6 Å². The van der Waals surface area contributed by atoms with E-state index >= 15 is 0 Å². The van der Waals surface area contributed by atoms with Gasteiger partial charge in [0, 0.05) is 18.7 Å². The summed E-state index contributed by atoms with van der Waals surface area (Å²) in [5.74, 6) is 0.904. The minimum atomic E-state index is -0.299. The maximum Gasteiger partial charge on any atom is 0.368 e. The zero-order valence-corrected chi connectivity index (χ0v) is 13.7. The van der Waals surface area contributed by atoms with Crippen molar-refractivity contribution < 1.29 is 4.74 Å². The number of aryl methyl sites for hydroxylation is 1. The normalized spacial score (nSPS) is 14.1. The highest BCUT2D eigenvalue weighted by Crippen LogP contribution is 2.43. The molecule has 2 aromatic heterocycles. The molecule has 0 atom stereocenters. The minimum Gasteiger partial charge on any atom is -0.472 e. The van der Waals surface area contributed by atoms with Crippen LogP contribution in [0.1, 0.15) is 29.9 Å². The molecule has 24 heavy (non-hydrogen) atoms. The van der Waals surface area contributed by atoms with Crippen LogP contribution in [0, 0.1) is 0 Å². The van der Waals surface area contributed by atoms with Crippen LogP contribution in [0.5, 0.6) is 5.88 Å². The second-order valence-electron chi connectivity index (χ2n) is 5.76.